The molecule has 3 rings (SSSR count). The summed E-state index contributed by atoms with van der Waals surface area (Å²) in [7, 11) is 3.98. The molecule has 2 aromatic carbocycles. The van der Waals surface area contributed by atoms with Gasteiger partial charge in [-0.2, -0.15) is 0 Å². The molecule has 4 nitrogen and oxygen atoms in total. The van der Waals surface area contributed by atoms with Crippen LogP contribution in [0.25, 0.3) is 0 Å². The van der Waals surface area contributed by atoms with E-state index in [9.17, 15) is 4.79 Å². The van der Waals surface area contributed by atoms with Crippen molar-refractivity contribution in [2.24, 2.45) is 0 Å². The fourth-order valence-corrected chi connectivity index (χ4v) is 3.55. The number of hydrogen-bond acceptors (Lipinski definition) is 3. The second-order valence-electron chi connectivity index (χ2n) is 7.14. The van der Waals surface area contributed by atoms with Crippen LogP contribution in [0.15, 0.2) is 48.5 Å². The smallest absolute Gasteiger partial charge is 0.335 e. The van der Waals surface area contributed by atoms with E-state index in [0.29, 0.717) is 17.5 Å². The van der Waals surface area contributed by atoms with Crippen molar-refractivity contribution in [3.63, 3.8) is 0 Å². The van der Waals surface area contributed by atoms with Gasteiger partial charge in [0.05, 0.1) is 12.7 Å². The number of piperidine rings is 1. The number of carboxylic acid groups (broad SMARTS) is 1. The summed E-state index contributed by atoms with van der Waals surface area (Å²) in [4.78, 5) is 12.7. The van der Waals surface area contributed by atoms with Crippen LogP contribution in [0.5, 0.6) is 5.75 Å². The molecule has 1 aliphatic rings. The van der Waals surface area contributed by atoms with E-state index in [1.54, 1.807) is 37.4 Å². The van der Waals surface area contributed by atoms with Gasteiger partial charge < -0.3 is 14.7 Å². The molecule has 146 valence electrons. The molecule has 0 aromatic heterocycles. The predicted octanol–water partition coefficient (Wildman–Crippen LogP) is 4.84. The minimum absolute atomic E-state index is 0.331. The number of benzene rings is 2. The molecule has 0 saturated carbocycles. The summed E-state index contributed by atoms with van der Waals surface area (Å²) in [5, 5.41) is 8.38. The number of methoxy groups -OCH3 is 1. The van der Waals surface area contributed by atoms with Gasteiger partial charge in [-0.3, -0.25) is 0 Å². The Morgan fingerprint density at radius 1 is 1.22 bits per heavy atom. The standard InChI is InChI=1S/C16H25NO.C7H6O2/c1-5-13-6-7-15(18-4)11-16(13)14-8-9-17(3)12(2)10-14;8-7(9)6-4-2-1-3-5-6/h6-7,11-12,14H,5,8-10H2,1-4H3;1-5H,(H,8,9)/t12?,14-;/m1./s1. The quantitative estimate of drug-likeness (QED) is 0.838. The maximum Gasteiger partial charge on any atom is 0.335 e. The monoisotopic (exact) mass is 369 g/mol. The van der Waals surface area contributed by atoms with Gasteiger partial charge in [0.15, 0.2) is 0 Å². The van der Waals surface area contributed by atoms with Gasteiger partial charge in [-0.05, 0) is 81.1 Å². The summed E-state index contributed by atoms with van der Waals surface area (Å²) in [5.41, 5.74) is 3.33. The number of rotatable bonds is 4. The lowest BCUT2D eigenvalue weighted by atomic mass is 9.83. The number of aromatic carboxylic acids is 1. The van der Waals surface area contributed by atoms with E-state index in [4.69, 9.17) is 9.84 Å². The highest BCUT2D eigenvalue weighted by molar-refractivity contribution is 5.87. The molecule has 1 N–H and O–H groups in total. The molecule has 2 atom stereocenters. The number of carboxylic acids is 1. The molecule has 1 unspecified atom stereocenters. The van der Waals surface area contributed by atoms with Crippen molar-refractivity contribution in [2.75, 3.05) is 20.7 Å². The summed E-state index contributed by atoms with van der Waals surface area (Å²) < 4.78 is 5.38. The highest BCUT2D eigenvalue weighted by atomic mass is 16.5. The Balaban J connectivity index is 0.000000244. The van der Waals surface area contributed by atoms with Gasteiger partial charge in [0.1, 0.15) is 5.75 Å². The van der Waals surface area contributed by atoms with Crippen molar-refractivity contribution in [1.29, 1.82) is 0 Å². The van der Waals surface area contributed by atoms with E-state index >= 15 is 0 Å². The fraction of sp³-hybridized carbons (Fsp3) is 0.435. The molecule has 1 saturated heterocycles. The van der Waals surface area contributed by atoms with Crippen LogP contribution in [0.3, 0.4) is 0 Å². The number of carbonyl (C=O) groups is 1. The van der Waals surface area contributed by atoms with Crippen LogP contribution in [0.2, 0.25) is 0 Å². The lowest BCUT2D eigenvalue weighted by Crippen LogP contribution is -2.37. The number of nitrogens with zero attached hydrogens (tertiary/aromatic N) is 1. The van der Waals surface area contributed by atoms with Crippen LogP contribution in [0.1, 0.15) is 54.1 Å². The third-order valence-electron chi connectivity index (χ3n) is 5.40. The van der Waals surface area contributed by atoms with E-state index in [-0.39, 0.29) is 0 Å². The number of likely N-dealkylation sites (tertiary alicyclic amines) is 1. The first-order chi connectivity index (χ1) is 13.0. The van der Waals surface area contributed by atoms with Crippen LogP contribution in [0, 0.1) is 0 Å². The van der Waals surface area contributed by atoms with E-state index < -0.39 is 5.97 Å². The third-order valence-corrected chi connectivity index (χ3v) is 5.40. The number of ether oxygens (including phenoxy) is 1. The Labute approximate surface area is 162 Å². The third kappa shape index (κ3) is 5.83. The zero-order valence-corrected chi connectivity index (χ0v) is 16.8. The normalized spacial score (nSPS) is 19.7. The molecule has 1 fully saturated rings. The first kappa shape index (κ1) is 21.0. The SMILES string of the molecule is CCc1ccc(OC)cc1[C@@H]1CCN(C)C(C)C1.O=C(O)c1ccccc1. The second-order valence-corrected chi connectivity index (χ2v) is 7.14. The van der Waals surface area contributed by atoms with E-state index in [1.807, 2.05) is 0 Å². The number of hydrogen-bond donors (Lipinski definition) is 1. The average molecular weight is 370 g/mol. The Hall–Kier alpha value is -2.33. The molecular formula is C23H31NO3. The maximum absolute atomic E-state index is 10.2. The molecule has 27 heavy (non-hydrogen) atoms. The van der Waals surface area contributed by atoms with Crippen LogP contribution in [-0.4, -0.2) is 42.7 Å². The Morgan fingerprint density at radius 3 is 2.44 bits per heavy atom. The topological polar surface area (TPSA) is 49.8 Å². The van der Waals surface area contributed by atoms with Crippen LogP contribution >= 0.6 is 0 Å². The van der Waals surface area contributed by atoms with Gasteiger partial charge in [-0.1, -0.05) is 31.2 Å². The van der Waals surface area contributed by atoms with Gasteiger partial charge in [-0.15, -0.1) is 0 Å². The van der Waals surface area contributed by atoms with E-state index in [0.717, 1.165) is 12.2 Å². The molecule has 0 bridgehead atoms. The number of aryl methyl sites for hydroxylation is 1. The van der Waals surface area contributed by atoms with Crippen molar-refractivity contribution in [3.8, 4) is 5.75 Å². The summed E-state index contributed by atoms with van der Waals surface area (Å²) in [5.74, 6) is 0.811. The largest absolute Gasteiger partial charge is 0.497 e. The Morgan fingerprint density at radius 2 is 1.93 bits per heavy atom. The van der Waals surface area contributed by atoms with Gasteiger partial charge in [0.2, 0.25) is 0 Å². The Bertz CT molecular complexity index is 730. The zero-order valence-electron chi connectivity index (χ0n) is 16.8. The summed E-state index contributed by atoms with van der Waals surface area (Å²) >= 11 is 0. The van der Waals surface area contributed by atoms with Crippen molar-refractivity contribution >= 4 is 5.97 Å². The highest BCUT2D eigenvalue weighted by Crippen LogP contribution is 2.34. The van der Waals surface area contributed by atoms with E-state index in [1.165, 1.54) is 30.5 Å². The average Bonchev–Trinajstić information content (AvgIpc) is 2.70. The Kier molecular flexibility index (Phi) is 7.86. The van der Waals surface area contributed by atoms with Crippen LogP contribution in [-0.2, 0) is 6.42 Å². The van der Waals surface area contributed by atoms with Gasteiger partial charge in [-0.25, -0.2) is 4.79 Å². The lowest BCUT2D eigenvalue weighted by molar-refractivity contribution is 0.0697. The predicted molar refractivity (Wildman–Crippen MR) is 110 cm³/mol. The van der Waals surface area contributed by atoms with Crippen LogP contribution in [0.4, 0.5) is 0 Å². The lowest BCUT2D eigenvalue weighted by Gasteiger charge is -2.36. The van der Waals surface area contributed by atoms with Crippen molar-refractivity contribution in [2.45, 2.75) is 45.1 Å². The minimum Gasteiger partial charge on any atom is -0.497 e. The summed E-state index contributed by atoms with van der Waals surface area (Å²) in [6.45, 7) is 5.77. The molecular weight excluding hydrogens is 338 g/mol. The molecule has 0 spiro atoms. The molecule has 0 amide bonds. The molecule has 0 radical (unpaired) electrons. The van der Waals surface area contributed by atoms with Crippen molar-refractivity contribution in [1.82, 2.24) is 4.90 Å². The molecule has 1 aliphatic heterocycles. The fourth-order valence-electron chi connectivity index (χ4n) is 3.55. The molecule has 0 aliphatic carbocycles. The molecule has 1 heterocycles. The molecule has 4 heteroatoms. The highest BCUT2D eigenvalue weighted by Gasteiger charge is 2.25. The summed E-state index contributed by atoms with van der Waals surface area (Å²) in [6.07, 6.45) is 3.64. The van der Waals surface area contributed by atoms with Crippen molar-refractivity contribution < 1.29 is 14.6 Å². The first-order valence-electron chi connectivity index (χ1n) is 9.61. The molecule has 2 aromatic rings. The zero-order chi connectivity index (χ0) is 19.8. The van der Waals surface area contributed by atoms with Gasteiger partial charge >= 0.3 is 5.97 Å². The summed E-state index contributed by atoms with van der Waals surface area (Å²) in [6, 6.07) is 15.5. The van der Waals surface area contributed by atoms with E-state index in [2.05, 4.69) is 44.0 Å². The van der Waals surface area contributed by atoms with Crippen molar-refractivity contribution in [3.05, 3.63) is 65.2 Å². The maximum atomic E-state index is 10.2. The van der Waals surface area contributed by atoms with Gasteiger partial charge in [0.25, 0.3) is 0 Å². The van der Waals surface area contributed by atoms with Gasteiger partial charge in [0, 0.05) is 6.04 Å². The van der Waals surface area contributed by atoms with Crippen LogP contribution < -0.4 is 4.74 Å². The minimum atomic E-state index is -0.879. The second kappa shape index (κ2) is 10.1. The first-order valence-corrected chi connectivity index (χ1v) is 9.61.